The third-order valence-electron chi connectivity index (χ3n) is 0.851. The lowest BCUT2D eigenvalue weighted by Crippen LogP contribution is -1.84. The Morgan fingerprint density at radius 2 is 1.07 bits per heavy atom. The molecular formula is C8H14N6. The molecule has 0 bridgehead atoms. The Hall–Kier alpha value is -1.64. The van der Waals surface area contributed by atoms with Gasteiger partial charge in [0.1, 0.15) is 12.0 Å². The highest BCUT2D eigenvalue weighted by atomic mass is 15.5. The maximum Gasteiger partial charge on any atom is 0.119 e. The maximum atomic E-state index is 3.81. The fraction of sp³-hybridized carbons (Fsp3) is 0.750. The Labute approximate surface area is 83.3 Å². The van der Waals surface area contributed by atoms with Gasteiger partial charge in [0.25, 0.3) is 0 Å². The normalized spacial score (nSPS) is 9.86. The second-order valence-electron chi connectivity index (χ2n) is 3.02. The molecule has 6 heteroatoms. The quantitative estimate of drug-likeness (QED) is 0.374. The Balaban J connectivity index is 3.97. The van der Waals surface area contributed by atoms with Gasteiger partial charge in [-0.25, -0.2) is 9.98 Å². The van der Waals surface area contributed by atoms with Gasteiger partial charge in [0.05, 0.1) is 12.1 Å². The molecule has 0 radical (unpaired) electrons. The van der Waals surface area contributed by atoms with Crippen LogP contribution >= 0.6 is 0 Å². The first-order valence-corrected chi connectivity index (χ1v) is 4.32. The highest BCUT2D eigenvalue weighted by Gasteiger charge is 1.80. The fourth-order valence-electron chi connectivity index (χ4n) is 0.363. The zero-order valence-electron chi connectivity index (χ0n) is 8.84. The van der Waals surface area contributed by atoms with Crippen molar-refractivity contribution in [2.75, 3.05) is 0 Å². The summed E-state index contributed by atoms with van der Waals surface area (Å²) in [6.07, 6.45) is 0. The van der Waals surface area contributed by atoms with Crippen molar-refractivity contribution in [2.45, 2.75) is 39.8 Å². The Morgan fingerprint density at radius 3 is 1.36 bits per heavy atom. The second kappa shape index (κ2) is 7.98. The molecule has 0 unspecified atom stereocenters. The van der Waals surface area contributed by atoms with Crippen molar-refractivity contribution < 1.29 is 0 Å². The van der Waals surface area contributed by atoms with Crippen molar-refractivity contribution in [1.29, 1.82) is 0 Å². The second-order valence-corrected chi connectivity index (χ2v) is 3.02. The van der Waals surface area contributed by atoms with Gasteiger partial charge in [-0.3, -0.25) is 0 Å². The van der Waals surface area contributed by atoms with Gasteiger partial charge in [-0.1, -0.05) is 10.2 Å². The molecule has 0 aromatic heterocycles. The monoisotopic (exact) mass is 194 g/mol. The van der Waals surface area contributed by atoms with Gasteiger partial charge >= 0.3 is 0 Å². The number of nitrogens with zero attached hydrogens (tertiary/aromatic N) is 6. The Morgan fingerprint density at radius 1 is 0.714 bits per heavy atom. The first kappa shape index (κ1) is 12.4. The van der Waals surface area contributed by atoms with Crippen LogP contribution in [0.2, 0.25) is 0 Å². The summed E-state index contributed by atoms with van der Waals surface area (Å²) < 4.78 is 0. The zero-order chi connectivity index (χ0) is 10.8. The summed E-state index contributed by atoms with van der Waals surface area (Å²) in [4.78, 5) is 7.63. The van der Waals surface area contributed by atoms with Crippen LogP contribution in [-0.4, -0.2) is 24.1 Å². The average molecular weight is 194 g/mol. The lowest BCUT2D eigenvalue weighted by atomic mass is 10.4. The number of hydrogen-bond donors (Lipinski definition) is 0. The SMILES string of the molecule is CC(C)N=C=NN=NN=C=NC(C)C. The van der Waals surface area contributed by atoms with Gasteiger partial charge in [-0.05, 0) is 38.1 Å². The van der Waals surface area contributed by atoms with Crippen LogP contribution in [0, 0.1) is 0 Å². The Kier molecular flexibility index (Phi) is 7.05. The highest BCUT2D eigenvalue weighted by Crippen LogP contribution is 1.83. The molecule has 0 heterocycles. The molecule has 0 atom stereocenters. The van der Waals surface area contributed by atoms with Gasteiger partial charge in [0.2, 0.25) is 0 Å². The molecule has 0 N–H and O–H groups in total. The highest BCUT2D eigenvalue weighted by molar-refractivity contribution is 5.41. The molecule has 0 aromatic rings. The lowest BCUT2D eigenvalue weighted by molar-refractivity contribution is 0.835. The molecule has 76 valence electrons. The molecule has 0 amide bonds. The van der Waals surface area contributed by atoms with E-state index in [4.69, 9.17) is 0 Å². The van der Waals surface area contributed by atoms with Gasteiger partial charge in [0, 0.05) is 0 Å². The molecular weight excluding hydrogens is 180 g/mol. The van der Waals surface area contributed by atoms with Crippen LogP contribution in [0.25, 0.3) is 0 Å². The van der Waals surface area contributed by atoms with Crippen molar-refractivity contribution >= 4 is 12.0 Å². The molecule has 0 fully saturated rings. The summed E-state index contributed by atoms with van der Waals surface area (Å²) >= 11 is 0. The number of hydrogen-bond acceptors (Lipinski definition) is 4. The van der Waals surface area contributed by atoms with Crippen molar-refractivity contribution in [3.05, 3.63) is 0 Å². The topological polar surface area (TPSA) is 74.2 Å². The predicted molar refractivity (Wildman–Crippen MR) is 54.9 cm³/mol. The predicted octanol–water partition coefficient (Wildman–Crippen LogP) is 2.43. The Bertz CT molecular complexity index is 259. The van der Waals surface area contributed by atoms with Crippen LogP contribution in [0.15, 0.2) is 30.6 Å². The van der Waals surface area contributed by atoms with E-state index >= 15 is 0 Å². The standard InChI is InChI=1S/C8H14N6/c1-7(2)9-5-11-13-14-12-6-10-8(3)4/h7-8H,1-4H3. The minimum atomic E-state index is 0.153. The van der Waals surface area contributed by atoms with Crippen LogP contribution in [0.5, 0.6) is 0 Å². The summed E-state index contributed by atoms with van der Waals surface area (Å²) in [6, 6.07) is 5.02. The molecule has 6 nitrogen and oxygen atoms in total. The van der Waals surface area contributed by atoms with Crippen LogP contribution < -0.4 is 0 Å². The van der Waals surface area contributed by atoms with E-state index in [1.54, 1.807) is 0 Å². The molecule has 0 saturated heterocycles. The first-order chi connectivity index (χ1) is 6.63. The van der Waals surface area contributed by atoms with E-state index in [1.807, 2.05) is 27.7 Å². The molecule has 14 heavy (non-hydrogen) atoms. The molecule has 0 aliphatic carbocycles. The third-order valence-corrected chi connectivity index (χ3v) is 0.851. The van der Waals surface area contributed by atoms with Crippen molar-refractivity contribution in [2.24, 2.45) is 30.6 Å². The molecule has 0 aromatic carbocycles. The van der Waals surface area contributed by atoms with E-state index < -0.39 is 0 Å². The van der Waals surface area contributed by atoms with Gasteiger partial charge in [-0.2, -0.15) is 0 Å². The maximum absolute atomic E-state index is 3.81. The number of aliphatic imine (C=N–C) groups is 2. The summed E-state index contributed by atoms with van der Waals surface area (Å²) in [5.41, 5.74) is 0. The minimum absolute atomic E-state index is 0.153. The van der Waals surface area contributed by atoms with Crippen molar-refractivity contribution in [3.63, 3.8) is 0 Å². The van der Waals surface area contributed by atoms with E-state index in [-0.39, 0.29) is 12.1 Å². The van der Waals surface area contributed by atoms with Crippen LogP contribution in [-0.2, 0) is 0 Å². The molecule has 0 spiro atoms. The summed E-state index contributed by atoms with van der Waals surface area (Å²) in [5, 5.41) is 13.4. The van der Waals surface area contributed by atoms with E-state index in [0.29, 0.717) is 0 Å². The summed E-state index contributed by atoms with van der Waals surface area (Å²) in [7, 11) is 0. The van der Waals surface area contributed by atoms with E-state index in [2.05, 4.69) is 42.7 Å². The minimum Gasteiger partial charge on any atom is -0.221 e. The van der Waals surface area contributed by atoms with E-state index in [1.165, 1.54) is 0 Å². The zero-order valence-corrected chi connectivity index (χ0v) is 8.84. The third kappa shape index (κ3) is 10.4. The number of rotatable bonds is 4. The van der Waals surface area contributed by atoms with Crippen LogP contribution in [0.4, 0.5) is 0 Å². The smallest absolute Gasteiger partial charge is 0.119 e. The van der Waals surface area contributed by atoms with Crippen molar-refractivity contribution in [3.8, 4) is 0 Å². The molecule has 0 aliphatic rings. The van der Waals surface area contributed by atoms with Gasteiger partial charge < -0.3 is 0 Å². The molecule has 0 aliphatic heterocycles. The van der Waals surface area contributed by atoms with Crippen molar-refractivity contribution in [1.82, 2.24) is 0 Å². The fourth-order valence-corrected chi connectivity index (χ4v) is 0.363. The van der Waals surface area contributed by atoms with Crippen LogP contribution in [0.3, 0.4) is 0 Å². The van der Waals surface area contributed by atoms with Gasteiger partial charge in [-0.15, -0.1) is 0 Å². The van der Waals surface area contributed by atoms with E-state index in [9.17, 15) is 0 Å². The van der Waals surface area contributed by atoms with E-state index in [0.717, 1.165) is 0 Å². The average Bonchev–Trinajstić information content (AvgIpc) is 2.08. The largest absolute Gasteiger partial charge is 0.221 e. The summed E-state index contributed by atoms with van der Waals surface area (Å²) in [6.45, 7) is 7.64. The molecule has 0 saturated carbocycles. The van der Waals surface area contributed by atoms with Crippen LogP contribution in [0.1, 0.15) is 27.7 Å². The van der Waals surface area contributed by atoms with Gasteiger partial charge in [0.15, 0.2) is 0 Å². The first-order valence-electron chi connectivity index (χ1n) is 4.32. The molecule has 0 rings (SSSR count). The summed E-state index contributed by atoms with van der Waals surface area (Å²) in [5.74, 6) is 0. The lowest BCUT2D eigenvalue weighted by Gasteiger charge is -1.84.